The first kappa shape index (κ1) is 13.8. The van der Waals surface area contributed by atoms with Crippen LogP contribution in [-0.4, -0.2) is 24.8 Å². The fourth-order valence-corrected chi connectivity index (χ4v) is 2.00. The summed E-state index contributed by atoms with van der Waals surface area (Å²) in [4.78, 5) is 14.3. The van der Waals surface area contributed by atoms with Crippen LogP contribution in [0.4, 0.5) is 0 Å². The molecule has 0 N–H and O–H groups in total. The summed E-state index contributed by atoms with van der Waals surface area (Å²) in [5.74, 6) is -0.141. The number of hydrogen-bond donors (Lipinski definition) is 0. The molecule has 0 fully saturated rings. The van der Waals surface area contributed by atoms with E-state index in [4.69, 9.17) is 5.26 Å². The van der Waals surface area contributed by atoms with E-state index < -0.39 is 0 Å². The van der Waals surface area contributed by atoms with E-state index in [0.29, 0.717) is 10.5 Å². The zero-order valence-corrected chi connectivity index (χ0v) is 11.9. The molecule has 1 rings (SSSR count). The van der Waals surface area contributed by atoms with E-state index in [0.717, 1.165) is 16.2 Å². The van der Waals surface area contributed by atoms with Crippen molar-refractivity contribution in [2.24, 2.45) is 0 Å². The molecule has 0 heterocycles. The number of hydrogen-bond acceptors (Lipinski definition) is 4. The molecule has 0 aliphatic heterocycles. The minimum Gasteiger partial charge on any atom is -0.382 e. The van der Waals surface area contributed by atoms with Gasteiger partial charge in [0.15, 0.2) is 0 Å². The number of allylic oxidation sites excluding steroid dienone is 1. The van der Waals surface area contributed by atoms with E-state index in [1.54, 1.807) is 35.4 Å². The van der Waals surface area contributed by atoms with Crippen molar-refractivity contribution in [3.63, 3.8) is 0 Å². The highest BCUT2D eigenvalue weighted by molar-refractivity contribution is 9.10. The second-order valence-corrected chi connectivity index (χ2v) is 5.23. The summed E-state index contributed by atoms with van der Waals surface area (Å²) in [7, 11) is 3.62. The number of carbonyl (C=O) groups is 1. The maximum atomic E-state index is 12.1. The van der Waals surface area contributed by atoms with Crippen molar-refractivity contribution in [3.05, 3.63) is 45.4 Å². The van der Waals surface area contributed by atoms with Gasteiger partial charge in [0.25, 0.3) is 0 Å². The SMILES string of the molecule is CN(C)/C=C(\SC#N)C(=O)c1ccc(Br)cc1. The van der Waals surface area contributed by atoms with Crippen LogP contribution in [0.3, 0.4) is 0 Å². The molecule has 0 aromatic heterocycles. The standard InChI is InChI=1S/C12H11BrN2OS/c1-15(2)7-11(17-8-14)12(16)9-3-5-10(13)6-4-9/h3-7H,1-2H3/b11-7-. The molecule has 0 atom stereocenters. The van der Waals surface area contributed by atoms with Crippen LogP contribution in [0, 0.1) is 10.7 Å². The van der Waals surface area contributed by atoms with E-state index in [1.807, 2.05) is 19.5 Å². The van der Waals surface area contributed by atoms with Gasteiger partial charge in [-0.25, -0.2) is 0 Å². The lowest BCUT2D eigenvalue weighted by Gasteiger charge is -2.08. The number of ketones is 1. The Hall–Kier alpha value is -1.25. The lowest BCUT2D eigenvalue weighted by atomic mass is 10.1. The second-order valence-electron chi connectivity index (χ2n) is 3.49. The first-order valence-electron chi connectivity index (χ1n) is 4.79. The third-order valence-corrected chi connectivity index (χ3v) is 2.99. The maximum Gasteiger partial charge on any atom is 0.201 e. The number of Topliss-reactive ketones (excluding diaryl/α,β-unsaturated/α-hetero) is 1. The highest BCUT2D eigenvalue weighted by Crippen LogP contribution is 2.21. The number of carbonyl (C=O) groups excluding carboxylic acids is 1. The molecule has 88 valence electrons. The van der Waals surface area contributed by atoms with Crippen molar-refractivity contribution in [2.45, 2.75) is 0 Å². The van der Waals surface area contributed by atoms with E-state index >= 15 is 0 Å². The summed E-state index contributed by atoms with van der Waals surface area (Å²) in [5.41, 5.74) is 0.573. The van der Waals surface area contributed by atoms with Gasteiger partial charge in [0, 0.05) is 30.3 Å². The second kappa shape index (κ2) is 6.48. The Labute approximate surface area is 113 Å². The summed E-state index contributed by atoms with van der Waals surface area (Å²) in [6.45, 7) is 0. The third-order valence-electron chi connectivity index (χ3n) is 1.86. The quantitative estimate of drug-likeness (QED) is 0.486. The van der Waals surface area contributed by atoms with Gasteiger partial charge in [0.2, 0.25) is 5.78 Å². The first-order chi connectivity index (χ1) is 8.04. The minimum atomic E-state index is -0.141. The monoisotopic (exact) mass is 310 g/mol. The van der Waals surface area contributed by atoms with Crippen LogP contribution in [0.15, 0.2) is 39.8 Å². The Bertz CT molecular complexity index is 474. The molecular weight excluding hydrogens is 300 g/mol. The normalized spacial score (nSPS) is 10.8. The van der Waals surface area contributed by atoms with Crippen molar-refractivity contribution in [3.8, 4) is 5.40 Å². The molecule has 0 unspecified atom stereocenters. The number of benzene rings is 1. The van der Waals surface area contributed by atoms with Gasteiger partial charge >= 0.3 is 0 Å². The number of nitrogens with zero attached hydrogens (tertiary/aromatic N) is 2. The summed E-state index contributed by atoms with van der Waals surface area (Å²) in [6.07, 6.45) is 1.65. The lowest BCUT2D eigenvalue weighted by Crippen LogP contribution is -2.07. The van der Waals surface area contributed by atoms with Gasteiger partial charge in [-0.2, -0.15) is 5.26 Å². The Morgan fingerprint density at radius 3 is 2.47 bits per heavy atom. The van der Waals surface area contributed by atoms with Crippen molar-refractivity contribution in [2.75, 3.05) is 14.1 Å². The fraction of sp³-hybridized carbons (Fsp3) is 0.167. The third kappa shape index (κ3) is 4.25. The van der Waals surface area contributed by atoms with E-state index in [2.05, 4.69) is 15.9 Å². The summed E-state index contributed by atoms with van der Waals surface area (Å²) in [6, 6.07) is 7.07. The summed E-state index contributed by atoms with van der Waals surface area (Å²) in [5, 5.41) is 10.6. The van der Waals surface area contributed by atoms with Crippen LogP contribution in [0.25, 0.3) is 0 Å². The molecule has 3 nitrogen and oxygen atoms in total. The van der Waals surface area contributed by atoms with E-state index in [1.165, 1.54) is 0 Å². The molecule has 1 aromatic carbocycles. The number of halogens is 1. The average Bonchev–Trinajstić information content (AvgIpc) is 2.28. The highest BCUT2D eigenvalue weighted by atomic mass is 79.9. The van der Waals surface area contributed by atoms with Crippen LogP contribution >= 0.6 is 27.7 Å². The van der Waals surface area contributed by atoms with Crippen LogP contribution in [0.5, 0.6) is 0 Å². The topological polar surface area (TPSA) is 44.1 Å². The predicted molar refractivity (Wildman–Crippen MR) is 73.4 cm³/mol. The Kier molecular flexibility index (Phi) is 5.26. The zero-order chi connectivity index (χ0) is 12.8. The first-order valence-corrected chi connectivity index (χ1v) is 6.40. The van der Waals surface area contributed by atoms with Crippen molar-refractivity contribution >= 4 is 33.5 Å². The molecule has 0 saturated carbocycles. The predicted octanol–water partition coefficient (Wildman–Crippen LogP) is 3.25. The molecule has 0 saturated heterocycles. The van der Waals surface area contributed by atoms with Crippen molar-refractivity contribution in [1.82, 2.24) is 4.90 Å². The van der Waals surface area contributed by atoms with Crippen LogP contribution in [-0.2, 0) is 0 Å². The van der Waals surface area contributed by atoms with Gasteiger partial charge in [0.05, 0.1) is 4.91 Å². The molecule has 5 heteroatoms. The van der Waals surface area contributed by atoms with Gasteiger partial charge < -0.3 is 4.90 Å². The Morgan fingerprint density at radius 2 is 2.00 bits per heavy atom. The number of rotatable bonds is 4. The fourth-order valence-electron chi connectivity index (χ4n) is 1.16. The maximum absolute atomic E-state index is 12.1. The molecule has 0 amide bonds. The zero-order valence-electron chi connectivity index (χ0n) is 9.48. The Morgan fingerprint density at radius 1 is 1.41 bits per heavy atom. The van der Waals surface area contributed by atoms with E-state index in [9.17, 15) is 4.79 Å². The molecule has 0 radical (unpaired) electrons. The summed E-state index contributed by atoms with van der Waals surface area (Å²) >= 11 is 4.19. The van der Waals surface area contributed by atoms with Gasteiger partial charge in [-0.15, -0.1) is 0 Å². The largest absolute Gasteiger partial charge is 0.382 e. The summed E-state index contributed by atoms with van der Waals surface area (Å²) < 4.78 is 0.917. The highest BCUT2D eigenvalue weighted by Gasteiger charge is 2.13. The van der Waals surface area contributed by atoms with Gasteiger partial charge in [0.1, 0.15) is 5.40 Å². The van der Waals surface area contributed by atoms with Crippen LogP contribution < -0.4 is 0 Å². The molecule has 0 bridgehead atoms. The van der Waals surface area contributed by atoms with Gasteiger partial charge in [-0.3, -0.25) is 4.79 Å². The number of nitriles is 1. The molecule has 0 aliphatic carbocycles. The average molecular weight is 311 g/mol. The molecule has 17 heavy (non-hydrogen) atoms. The van der Waals surface area contributed by atoms with Gasteiger partial charge in [-0.1, -0.05) is 15.9 Å². The van der Waals surface area contributed by atoms with E-state index in [-0.39, 0.29) is 5.78 Å². The lowest BCUT2D eigenvalue weighted by molar-refractivity contribution is 0.104. The van der Waals surface area contributed by atoms with Crippen LogP contribution in [0.2, 0.25) is 0 Å². The van der Waals surface area contributed by atoms with Gasteiger partial charge in [-0.05, 0) is 36.0 Å². The minimum absolute atomic E-state index is 0.141. The molecular formula is C12H11BrN2OS. The van der Waals surface area contributed by atoms with Crippen molar-refractivity contribution < 1.29 is 4.79 Å². The van der Waals surface area contributed by atoms with Crippen LogP contribution in [0.1, 0.15) is 10.4 Å². The molecule has 0 spiro atoms. The number of thiocyanates is 1. The smallest absolute Gasteiger partial charge is 0.201 e. The molecule has 0 aliphatic rings. The molecule has 1 aromatic rings. The van der Waals surface area contributed by atoms with Crippen molar-refractivity contribution in [1.29, 1.82) is 5.26 Å². The Balaban J connectivity index is 3.01. The number of thioether (sulfide) groups is 1.